The zero-order chi connectivity index (χ0) is 16.5. The highest BCUT2D eigenvalue weighted by molar-refractivity contribution is 6.04. The number of rotatable bonds is 8. The van der Waals surface area contributed by atoms with Crippen molar-refractivity contribution in [1.82, 2.24) is 4.98 Å². The fraction of sp³-hybridized carbons (Fsp3) is 0.333. The Hall–Kier alpha value is -2.40. The zero-order valence-electron chi connectivity index (χ0n) is 13.6. The molecule has 0 radical (unpaired) electrons. The Morgan fingerprint density at radius 1 is 1.17 bits per heavy atom. The number of amides is 1. The molecule has 0 fully saturated rings. The summed E-state index contributed by atoms with van der Waals surface area (Å²) in [6.07, 6.45) is 3.47. The Morgan fingerprint density at radius 2 is 1.96 bits per heavy atom. The molecule has 2 aromatic rings. The van der Waals surface area contributed by atoms with E-state index in [-0.39, 0.29) is 5.91 Å². The molecule has 0 saturated carbocycles. The van der Waals surface area contributed by atoms with Gasteiger partial charge in [-0.05, 0) is 42.7 Å². The average Bonchev–Trinajstić information content (AvgIpc) is 2.60. The van der Waals surface area contributed by atoms with Crippen LogP contribution in [-0.2, 0) is 11.2 Å². The van der Waals surface area contributed by atoms with Crippen LogP contribution in [0.2, 0.25) is 0 Å². The maximum atomic E-state index is 12.2. The number of anilines is 2. The molecule has 0 aliphatic rings. The lowest BCUT2D eigenvalue weighted by atomic mass is 10.1. The van der Waals surface area contributed by atoms with Crippen LogP contribution in [-0.4, -0.2) is 31.2 Å². The number of carbonyl (C=O) groups excluding carboxylic acids is 1. The fourth-order valence-electron chi connectivity index (χ4n) is 2.09. The van der Waals surface area contributed by atoms with Crippen molar-refractivity contribution in [2.45, 2.75) is 19.8 Å². The van der Waals surface area contributed by atoms with Crippen molar-refractivity contribution in [2.75, 3.05) is 30.9 Å². The molecular weight excluding hydrogens is 290 g/mol. The number of benzene rings is 1. The molecule has 1 aromatic heterocycles. The lowest BCUT2D eigenvalue weighted by Gasteiger charge is -2.08. The Balaban J connectivity index is 1.88. The maximum Gasteiger partial charge on any atom is 0.257 e. The van der Waals surface area contributed by atoms with Crippen molar-refractivity contribution >= 4 is 17.4 Å². The van der Waals surface area contributed by atoms with Gasteiger partial charge in [0.05, 0.1) is 5.56 Å². The number of carbonyl (C=O) groups is 1. The van der Waals surface area contributed by atoms with E-state index >= 15 is 0 Å². The molecule has 0 saturated heterocycles. The molecule has 5 heteroatoms. The largest absolute Gasteiger partial charge is 0.385 e. The van der Waals surface area contributed by atoms with E-state index in [9.17, 15) is 4.79 Å². The first kappa shape index (κ1) is 17.0. The molecule has 0 atom stereocenters. The van der Waals surface area contributed by atoms with E-state index in [1.807, 2.05) is 30.3 Å². The molecule has 2 rings (SSSR count). The van der Waals surface area contributed by atoms with E-state index in [0.717, 1.165) is 30.9 Å². The predicted molar refractivity (Wildman–Crippen MR) is 93.0 cm³/mol. The molecule has 0 aliphatic carbocycles. The summed E-state index contributed by atoms with van der Waals surface area (Å²) in [5.41, 5.74) is 2.56. The number of aromatic nitrogens is 1. The first-order valence-electron chi connectivity index (χ1n) is 7.82. The molecule has 0 bridgehead atoms. The highest BCUT2D eigenvalue weighted by atomic mass is 16.5. The van der Waals surface area contributed by atoms with Gasteiger partial charge in [0.15, 0.2) is 0 Å². The molecule has 1 aromatic carbocycles. The lowest BCUT2D eigenvalue weighted by Crippen LogP contribution is -2.13. The molecule has 0 spiro atoms. The third-order valence-electron chi connectivity index (χ3n) is 3.48. The van der Waals surface area contributed by atoms with Crippen LogP contribution in [0.5, 0.6) is 0 Å². The molecule has 23 heavy (non-hydrogen) atoms. The van der Waals surface area contributed by atoms with Gasteiger partial charge in [0, 0.05) is 32.1 Å². The Bertz CT molecular complexity index is 609. The number of aryl methyl sites for hydroxylation is 1. The number of hydrogen-bond acceptors (Lipinski definition) is 4. The third-order valence-corrected chi connectivity index (χ3v) is 3.48. The van der Waals surface area contributed by atoms with Crippen LogP contribution in [0, 0.1) is 0 Å². The Kier molecular flexibility index (Phi) is 6.56. The summed E-state index contributed by atoms with van der Waals surface area (Å²) in [7, 11) is 1.68. The van der Waals surface area contributed by atoms with Crippen molar-refractivity contribution in [1.29, 1.82) is 0 Å². The molecule has 0 unspecified atom stereocenters. The second-order valence-electron chi connectivity index (χ2n) is 5.21. The van der Waals surface area contributed by atoms with E-state index in [1.165, 1.54) is 5.56 Å². The summed E-state index contributed by atoms with van der Waals surface area (Å²) < 4.78 is 4.99. The van der Waals surface area contributed by atoms with Gasteiger partial charge in [0.2, 0.25) is 0 Å². The normalized spacial score (nSPS) is 10.3. The summed E-state index contributed by atoms with van der Waals surface area (Å²) in [6, 6.07) is 11.4. The van der Waals surface area contributed by atoms with Crippen molar-refractivity contribution in [3.63, 3.8) is 0 Å². The highest BCUT2D eigenvalue weighted by Crippen LogP contribution is 2.12. The predicted octanol–water partition coefficient (Wildman–Crippen LogP) is 3.34. The summed E-state index contributed by atoms with van der Waals surface area (Å²) in [5.74, 6) is 0.595. The van der Waals surface area contributed by atoms with Gasteiger partial charge in [0.1, 0.15) is 5.82 Å². The molecular formula is C18H23N3O2. The molecule has 1 heterocycles. The van der Waals surface area contributed by atoms with E-state index in [0.29, 0.717) is 12.2 Å². The lowest BCUT2D eigenvalue weighted by molar-refractivity contribution is 0.102. The van der Waals surface area contributed by atoms with E-state index in [2.05, 4.69) is 22.5 Å². The zero-order valence-corrected chi connectivity index (χ0v) is 13.6. The van der Waals surface area contributed by atoms with Crippen molar-refractivity contribution < 1.29 is 9.53 Å². The maximum absolute atomic E-state index is 12.2. The first-order valence-corrected chi connectivity index (χ1v) is 7.82. The highest BCUT2D eigenvalue weighted by Gasteiger charge is 2.06. The number of hydrogen-bond donors (Lipinski definition) is 2. The summed E-state index contributed by atoms with van der Waals surface area (Å²) in [4.78, 5) is 16.4. The monoisotopic (exact) mass is 313 g/mol. The van der Waals surface area contributed by atoms with Crippen LogP contribution in [0.1, 0.15) is 29.3 Å². The van der Waals surface area contributed by atoms with Gasteiger partial charge in [-0.3, -0.25) is 4.79 Å². The summed E-state index contributed by atoms with van der Waals surface area (Å²) >= 11 is 0. The van der Waals surface area contributed by atoms with Crippen LogP contribution < -0.4 is 10.6 Å². The topological polar surface area (TPSA) is 63.2 Å². The molecule has 5 nitrogen and oxygen atoms in total. The molecule has 2 N–H and O–H groups in total. The van der Waals surface area contributed by atoms with Gasteiger partial charge in [0.25, 0.3) is 5.91 Å². The van der Waals surface area contributed by atoms with Gasteiger partial charge in [-0.15, -0.1) is 0 Å². The minimum absolute atomic E-state index is 0.160. The summed E-state index contributed by atoms with van der Waals surface area (Å²) in [5, 5.41) is 6.06. The number of ether oxygens (including phenoxy) is 1. The Labute approximate surface area is 137 Å². The number of pyridine rings is 1. The SMILES string of the molecule is CCc1ccc(NC(=O)c2ccc(NCCCOC)nc2)cc1. The van der Waals surface area contributed by atoms with E-state index < -0.39 is 0 Å². The van der Waals surface area contributed by atoms with Gasteiger partial charge in [-0.25, -0.2) is 4.98 Å². The number of methoxy groups -OCH3 is 1. The average molecular weight is 313 g/mol. The van der Waals surface area contributed by atoms with Gasteiger partial charge in [-0.1, -0.05) is 19.1 Å². The van der Waals surface area contributed by atoms with Gasteiger partial charge in [-0.2, -0.15) is 0 Å². The minimum atomic E-state index is -0.160. The Morgan fingerprint density at radius 3 is 2.57 bits per heavy atom. The van der Waals surface area contributed by atoms with Gasteiger partial charge < -0.3 is 15.4 Å². The number of nitrogens with zero attached hydrogens (tertiary/aromatic N) is 1. The third kappa shape index (κ3) is 5.38. The molecule has 1 amide bonds. The molecule has 122 valence electrons. The van der Waals surface area contributed by atoms with Gasteiger partial charge >= 0.3 is 0 Å². The van der Waals surface area contributed by atoms with Crippen molar-refractivity contribution in [3.05, 3.63) is 53.7 Å². The van der Waals surface area contributed by atoms with Crippen LogP contribution in [0.25, 0.3) is 0 Å². The van der Waals surface area contributed by atoms with Crippen molar-refractivity contribution in [2.24, 2.45) is 0 Å². The second-order valence-corrected chi connectivity index (χ2v) is 5.21. The van der Waals surface area contributed by atoms with E-state index in [1.54, 1.807) is 19.4 Å². The van der Waals surface area contributed by atoms with Crippen molar-refractivity contribution in [3.8, 4) is 0 Å². The fourth-order valence-corrected chi connectivity index (χ4v) is 2.09. The summed E-state index contributed by atoms with van der Waals surface area (Å²) in [6.45, 7) is 3.60. The molecule has 0 aliphatic heterocycles. The van der Waals surface area contributed by atoms with Crippen LogP contribution in [0.3, 0.4) is 0 Å². The number of nitrogens with one attached hydrogen (secondary N) is 2. The van der Waals surface area contributed by atoms with Crippen LogP contribution >= 0.6 is 0 Å². The minimum Gasteiger partial charge on any atom is -0.385 e. The second kappa shape index (κ2) is 8.90. The van der Waals surface area contributed by atoms with Crippen LogP contribution in [0.4, 0.5) is 11.5 Å². The van der Waals surface area contributed by atoms with Crippen LogP contribution in [0.15, 0.2) is 42.6 Å². The van der Waals surface area contributed by atoms with E-state index in [4.69, 9.17) is 4.74 Å². The standard InChI is InChI=1S/C18H23N3O2/c1-3-14-5-8-16(9-6-14)21-18(22)15-7-10-17(20-13-15)19-11-4-12-23-2/h5-10,13H,3-4,11-12H2,1-2H3,(H,19,20)(H,21,22). The first-order chi connectivity index (χ1) is 11.2. The smallest absolute Gasteiger partial charge is 0.257 e. The quantitative estimate of drug-likeness (QED) is 0.734.